The highest BCUT2D eigenvalue weighted by Crippen LogP contribution is 2.35. The van der Waals surface area contributed by atoms with Gasteiger partial charge in [0.2, 0.25) is 5.69 Å². The Morgan fingerprint density at radius 1 is 1.53 bits per heavy atom. The Balaban J connectivity index is 2.14. The van der Waals surface area contributed by atoms with E-state index in [1.165, 1.54) is 13.2 Å². The lowest BCUT2D eigenvalue weighted by molar-refractivity contribution is -0.143. The Morgan fingerprint density at radius 2 is 2.29 bits per heavy atom. The summed E-state index contributed by atoms with van der Waals surface area (Å²) in [6.45, 7) is 1.46. The summed E-state index contributed by atoms with van der Waals surface area (Å²) in [7, 11) is 1.45. The minimum Gasteiger partial charge on any atom is -0.485 e. The van der Waals surface area contributed by atoms with Gasteiger partial charge in [0, 0.05) is 13.6 Å². The van der Waals surface area contributed by atoms with Gasteiger partial charge >= 0.3 is 6.18 Å². The Morgan fingerprint density at radius 3 is 2.88 bits per heavy atom. The summed E-state index contributed by atoms with van der Waals surface area (Å²) in [4.78, 5) is 0. The van der Waals surface area contributed by atoms with E-state index in [9.17, 15) is 13.2 Å². The molecule has 0 radical (unpaired) electrons. The summed E-state index contributed by atoms with van der Waals surface area (Å²) < 4.78 is 44.4. The molecule has 0 amide bonds. The molecule has 2 rings (SSSR count). The van der Waals surface area contributed by atoms with E-state index >= 15 is 0 Å². The molecule has 0 aliphatic carbocycles. The molecule has 2 heterocycles. The molecule has 1 atom stereocenters. The molecule has 1 unspecified atom stereocenters. The van der Waals surface area contributed by atoms with Crippen LogP contribution in [-0.4, -0.2) is 29.0 Å². The minimum absolute atomic E-state index is 0.186. The van der Waals surface area contributed by atoms with Crippen molar-refractivity contribution < 1.29 is 17.9 Å². The fourth-order valence-electron chi connectivity index (χ4n) is 1.85. The van der Waals surface area contributed by atoms with E-state index in [0.29, 0.717) is 6.54 Å². The van der Waals surface area contributed by atoms with Crippen LogP contribution in [0.3, 0.4) is 0 Å². The Labute approximate surface area is 96.7 Å². The smallest absolute Gasteiger partial charge is 0.438 e. The highest BCUT2D eigenvalue weighted by atomic mass is 19.4. The molecule has 1 fully saturated rings. The van der Waals surface area contributed by atoms with Crippen LogP contribution in [0.4, 0.5) is 13.2 Å². The van der Waals surface area contributed by atoms with Crippen molar-refractivity contribution in [3.63, 3.8) is 0 Å². The average Bonchev–Trinajstić information content (AvgIpc) is 2.60. The first-order valence-corrected chi connectivity index (χ1v) is 5.45. The maximum atomic E-state index is 12.6. The number of nitrogens with one attached hydrogen (secondary N) is 1. The first-order valence-electron chi connectivity index (χ1n) is 5.45. The molecule has 7 heteroatoms. The number of hydrogen-bond donors (Lipinski definition) is 1. The molecule has 0 bridgehead atoms. The quantitative estimate of drug-likeness (QED) is 0.864. The van der Waals surface area contributed by atoms with Crippen molar-refractivity contribution in [2.24, 2.45) is 7.05 Å². The van der Waals surface area contributed by atoms with Crippen LogP contribution >= 0.6 is 0 Å². The molecule has 1 aliphatic rings. The Kier molecular flexibility index (Phi) is 3.28. The number of aromatic nitrogens is 2. The Bertz CT molecular complexity index is 383. The number of halogens is 3. The maximum Gasteiger partial charge on any atom is 0.438 e. The molecular weight excluding hydrogens is 235 g/mol. The van der Waals surface area contributed by atoms with Gasteiger partial charge in [0.25, 0.3) is 0 Å². The first kappa shape index (κ1) is 12.2. The molecule has 0 saturated carbocycles. The van der Waals surface area contributed by atoms with Gasteiger partial charge in [0.1, 0.15) is 6.10 Å². The molecule has 4 nitrogen and oxygen atoms in total. The summed E-state index contributed by atoms with van der Waals surface area (Å²) >= 11 is 0. The minimum atomic E-state index is -4.47. The predicted octanol–water partition coefficient (Wildman–Crippen LogP) is 1.57. The number of rotatable bonds is 2. The molecule has 96 valence electrons. The summed E-state index contributed by atoms with van der Waals surface area (Å²) in [5, 5.41) is 6.48. The van der Waals surface area contributed by atoms with Gasteiger partial charge in [0.15, 0.2) is 5.75 Å². The molecule has 17 heavy (non-hydrogen) atoms. The van der Waals surface area contributed by atoms with E-state index in [4.69, 9.17) is 4.74 Å². The first-order chi connectivity index (χ1) is 7.97. The lowest BCUT2D eigenvalue weighted by Crippen LogP contribution is -2.37. The maximum absolute atomic E-state index is 12.6. The Hall–Kier alpha value is -1.24. The predicted molar refractivity (Wildman–Crippen MR) is 54.7 cm³/mol. The molecule has 1 N–H and O–H groups in total. The van der Waals surface area contributed by atoms with Gasteiger partial charge in [-0.2, -0.15) is 18.3 Å². The fraction of sp³-hybridized carbons (Fsp3) is 0.700. The van der Waals surface area contributed by atoms with Gasteiger partial charge in [-0.1, -0.05) is 0 Å². The van der Waals surface area contributed by atoms with Crippen LogP contribution < -0.4 is 10.1 Å². The lowest BCUT2D eigenvalue weighted by atomic mass is 10.1. The van der Waals surface area contributed by atoms with Crippen LogP contribution in [0.25, 0.3) is 0 Å². The summed E-state index contributed by atoms with van der Waals surface area (Å²) in [6, 6.07) is 0. The summed E-state index contributed by atoms with van der Waals surface area (Å²) in [6.07, 6.45) is -1.75. The molecule has 0 aromatic carbocycles. The number of piperidine rings is 1. The molecule has 0 spiro atoms. The van der Waals surface area contributed by atoms with Crippen LogP contribution in [0, 0.1) is 0 Å². The van der Waals surface area contributed by atoms with Crippen LogP contribution in [0.5, 0.6) is 5.75 Å². The number of aryl methyl sites for hydroxylation is 1. The van der Waals surface area contributed by atoms with Crippen LogP contribution in [0.1, 0.15) is 18.5 Å². The van der Waals surface area contributed by atoms with E-state index in [0.717, 1.165) is 24.1 Å². The van der Waals surface area contributed by atoms with Gasteiger partial charge in [-0.05, 0) is 19.4 Å². The second-order valence-corrected chi connectivity index (χ2v) is 4.10. The number of hydrogen-bond acceptors (Lipinski definition) is 3. The third-order valence-corrected chi connectivity index (χ3v) is 2.61. The number of alkyl halides is 3. The standard InChI is InChI=1S/C10H14F3N3O/c1-16-6-8(9(15-16)10(11,12)13)17-7-3-2-4-14-5-7/h6-7,14H,2-5H2,1H3. The van der Waals surface area contributed by atoms with Crippen molar-refractivity contribution in [2.45, 2.75) is 25.1 Å². The molecule has 1 saturated heterocycles. The highest BCUT2D eigenvalue weighted by Gasteiger charge is 2.38. The zero-order chi connectivity index (χ0) is 12.5. The third kappa shape index (κ3) is 2.91. The van der Waals surface area contributed by atoms with Crippen LogP contribution in [0.2, 0.25) is 0 Å². The molecule has 1 aliphatic heterocycles. The zero-order valence-corrected chi connectivity index (χ0v) is 9.42. The topological polar surface area (TPSA) is 39.1 Å². The zero-order valence-electron chi connectivity index (χ0n) is 9.42. The van der Waals surface area contributed by atoms with Crippen molar-refractivity contribution >= 4 is 0 Å². The monoisotopic (exact) mass is 249 g/mol. The normalized spacial score (nSPS) is 21.5. The largest absolute Gasteiger partial charge is 0.485 e. The number of ether oxygens (including phenoxy) is 1. The average molecular weight is 249 g/mol. The molecular formula is C10H14F3N3O. The van der Waals surface area contributed by atoms with Gasteiger partial charge in [-0.3, -0.25) is 4.68 Å². The van der Waals surface area contributed by atoms with E-state index in [-0.39, 0.29) is 11.9 Å². The fourth-order valence-corrected chi connectivity index (χ4v) is 1.85. The van der Waals surface area contributed by atoms with Gasteiger partial charge in [-0.15, -0.1) is 0 Å². The second-order valence-electron chi connectivity index (χ2n) is 4.10. The summed E-state index contributed by atoms with van der Waals surface area (Å²) in [5.41, 5.74) is -0.953. The van der Waals surface area contributed by atoms with E-state index in [1.807, 2.05) is 0 Å². The van der Waals surface area contributed by atoms with Crippen molar-refractivity contribution in [1.29, 1.82) is 0 Å². The second kappa shape index (κ2) is 4.56. The van der Waals surface area contributed by atoms with Crippen molar-refractivity contribution in [3.8, 4) is 5.75 Å². The molecule has 1 aromatic rings. The van der Waals surface area contributed by atoms with Crippen LogP contribution in [0.15, 0.2) is 6.20 Å². The van der Waals surface area contributed by atoms with E-state index < -0.39 is 11.9 Å². The van der Waals surface area contributed by atoms with E-state index in [1.54, 1.807) is 0 Å². The van der Waals surface area contributed by atoms with Gasteiger partial charge in [0.05, 0.1) is 6.20 Å². The molecule has 1 aromatic heterocycles. The van der Waals surface area contributed by atoms with Gasteiger partial charge in [-0.25, -0.2) is 0 Å². The summed E-state index contributed by atoms with van der Waals surface area (Å²) in [5.74, 6) is -0.186. The van der Waals surface area contributed by atoms with Crippen molar-refractivity contribution in [2.75, 3.05) is 13.1 Å². The van der Waals surface area contributed by atoms with Crippen molar-refractivity contribution in [1.82, 2.24) is 15.1 Å². The van der Waals surface area contributed by atoms with Gasteiger partial charge < -0.3 is 10.1 Å². The highest BCUT2D eigenvalue weighted by molar-refractivity contribution is 5.27. The van der Waals surface area contributed by atoms with Crippen LogP contribution in [-0.2, 0) is 13.2 Å². The van der Waals surface area contributed by atoms with Crippen molar-refractivity contribution in [3.05, 3.63) is 11.9 Å². The SMILES string of the molecule is Cn1cc(OC2CCCNC2)c(C(F)(F)F)n1. The lowest BCUT2D eigenvalue weighted by Gasteiger charge is -2.23. The van der Waals surface area contributed by atoms with E-state index in [2.05, 4.69) is 10.4 Å². The third-order valence-electron chi connectivity index (χ3n) is 2.61. The number of nitrogens with zero attached hydrogens (tertiary/aromatic N) is 2.